The average molecular weight is 1960 g/mol. The minimum atomic E-state index is -1.32. The second-order valence-corrected chi connectivity index (χ2v) is 34.3. The van der Waals surface area contributed by atoms with E-state index in [0.29, 0.717) is 0 Å². The van der Waals surface area contributed by atoms with Crippen LogP contribution in [0.1, 0.15) is 0 Å². The SMILES string of the molecule is CN1c2cc3cccc([PH+](c4ccccc4)c4ccccc4)c3[c-]c2N(c2[c-]c(-c3cccc4c3[n-]c[n+]4C)ccc2)c2ccccc21.CN1c2cc3occ(-c4ccccn4)c3[c-]c2N(c2[c-]c(-c3cn(C)c4c3[n-]c[n+]4C)ccc2)c2ccccc21.Cn1cc(-c2ccccn2)c2[c-]c3c(cc21)c1ccccc1n3-c1[c-]c(-n2ccc3cccnc32)ccc1.[Pd+2].[Pd].[Pd]. The van der Waals surface area contributed by atoms with Crippen LogP contribution in [0.25, 0.3) is 144 Å². The summed E-state index contributed by atoms with van der Waals surface area (Å²) in [5, 5.41) is 11.8. The Bertz CT molecular complexity index is 8160. The van der Waals surface area contributed by atoms with Crippen molar-refractivity contribution in [3.63, 3.8) is 0 Å². The van der Waals surface area contributed by atoms with Crippen molar-refractivity contribution in [2.75, 3.05) is 33.7 Å². The summed E-state index contributed by atoms with van der Waals surface area (Å²) in [6, 6.07) is 127. The number of furan rings is 1. The number of pyridine rings is 3. The van der Waals surface area contributed by atoms with Crippen molar-refractivity contribution in [1.82, 2.24) is 43.2 Å². The summed E-state index contributed by atoms with van der Waals surface area (Å²) < 4.78 is 18.8. The van der Waals surface area contributed by atoms with Gasteiger partial charge >= 0.3 is 20.4 Å². The Morgan fingerprint density at radius 2 is 0.961 bits per heavy atom. The first-order valence-electron chi connectivity index (χ1n) is 41.8. The Kier molecular flexibility index (Phi) is 22.0. The average Bonchev–Trinajstić information content (AvgIpc) is 1.25. The number of benzene rings is 13. The van der Waals surface area contributed by atoms with Gasteiger partial charge in [-0.3, -0.25) is 9.97 Å². The number of hydrogen-bond donors (Lipinski definition) is 0. The summed E-state index contributed by atoms with van der Waals surface area (Å²) in [6.07, 6.45) is 17.3. The molecule has 12 heterocycles. The summed E-state index contributed by atoms with van der Waals surface area (Å²) in [5.41, 5.74) is 29.2. The van der Waals surface area contributed by atoms with E-state index in [-0.39, 0.29) is 61.3 Å². The summed E-state index contributed by atoms with van der Waals surface area (Å²) in [5.74, 6) is 0. The van der Waals surface area contributed by atoms with Crippen LogP contribution in [-0.2, 0) is 89.5 Å². The smallest absolute Gasteiger partial charge is 0.518 e. The van der Waals surface area contributed by atoms with Gasteiger partial charge in [-0.1, -0.05) is 172 Å². The molecule has 0 saturated carbocycles. The molecule has 0 N–H and O–H groups in total. The van der Waals surface area contributed by atoms with Crippen LogP contribution in [0.3, 0.4) is 0 Å². The number of nitrogens with zero attached hydrogens (tertiary/aromatic N) is 15. The van der Waals surface area contributed by atoms with E-state index >= 15 is 0 Å². The maximum Gasteiger partial charge on any atom is 2.00 e. The van der Waals surface area contributed by atoms with Gasteiger partial charge in [0.15, 0.2) is 0 Å². The molecule has 0 unspecified atom stereocenters. The molecule has 0 saturated heterocycles. The summed E-state index contributed by atoms with van der Waals surface area (Å²) in [4.78, 5) is 32.3. The minimum absolute atomic E-state index is 0. The van der Waals surface area contributed by atoms with E-state index < -0.39 is 7.92 Å². The van der Waals surface area contributed by atoms with Gasteiger partial charge in [-0.2, -0.15) is 6.07 Å². The fourth-order valence-corrected chi connectivity index (χ4v) is 21.3. The van der Waals surface area contributed by atoms with Crippen LogP contribution in [0.4, 0.5) is 56.9 Å². The van der Waals surface area contributed by atoms with Crippen LogP contribution in [0.2, 0.25) is 0 Å². The maximum atomic E-state index is 6.03. The van der Waals surface area contributed by atoms with Crippen molar-refractivity contribution in [3.8, 4) is 56.1 Å². The van der Waals surface area contributed by atoms with Gasteiger partial charge in [0.05, 0.1) is 70.5 Å². The fraction of sp³-hybridized carbons (Fsp3) is 0.0550. The first-order chi connectivity index (χ1) is 62.0. The van der Waals surface area contributed by atoms with E-state index in [4.69, 9.17) is 9.40 Å². The van der Waals surface area contributed by atoms with Crippen LogP contribution in [-0.4, -0.2) is 47.3 Å². The number of fused-ring (bicyclic) bond motifs is 13. The number of imidazole rings is 2. The Labute approximate surface area is 787 Å². The Balaban J connectivity index is 0.000000121. The van der Waals surface area contributed by atoms with Crippen LogP contribution < -0.4 is 54.6 Å². The molecule has 129 heavy (non-hydrogen) atoms. The molecule has 2 aliphatic rings. The number of hydrogen-bond acceptors (Lipinski definition) is 8. The van der Waals surface area contributed by atoms with E-state index in [1.165, 1.54) is 26.7 Å². The zero-order valence-corrected chi connectivity index (χ0v) is 76.2. The van der Waals surface area contributed by atoms with Crippen LogP contribution in [0.15, 0.2) is 358 Å². The molecule has 0 spiro atoms. The van der Waals surface area contributed by atoms with E-state index in [0.717, 1.165) is 190 Å². The molecule has 13 aromatic carbocycles. The van der Waals surface area contributed by atoms with Gasteiger partial charge < -0.3 is 51.4 Å². The van der Waals surface area contributed by atoms with Crippen molar-refractivity contribution in [2.45, 2.75) is 0 Å². The molecule has 0 amide bonds. The van der Waals surface area contributed by atoms with E-state index in [2.05, 4.69) is 406 Å². The van der Waals surface area contributed by atoms with E-state index in [1.807, 2.05) is 80.1 Å². The molecule has 0 aliphatic carbocycles. The molecule has 25 rings (SSSR count). The molecule has 2 aliphatic heterocycles. The summed E-state index contributed by atoms with van der Waals surface area (Å²) in [7, 11) is 11.1. The maximum absolute atomic E-state index is 6.03. The molecular weight excluding hydrogens is 1890 g/mol. The van der Waals surface area contributed by atoms with Gasteiger partial charge in [-0.25, -0.2) is 15.0 Å². The first kappa shape index (κ1) is 83.1. The van der Waals surface area contributed by atoms with Gasteiger partial charge in [0, 0.05) is 147 Å². The first-order valence-corrected chi connectivity index (χ1v) is 43.3. The number of aromatic nitrogens is 11. The van der Waals surface area contributed by atoms with Gasteiger partial charge in [-0.05, 0) is 172 Å². The number of para-hydroxylation sites is 6. The second-order valence-electron chi connectivity index (χ2n) is 31.9. The zero-order chi connectivity index (χ0) is 84.4. The predicted molar refractivity (Wildman–Crippen MR) is 511 cm³/mol. The fourth-order valence-electron chi connectivity index (χ4n) is 18.5. The van der Waals surface area contributed by atoms with Gasteiger partial charge in [0.2, 0.25) is 0 Å². The molecule has 20 heteroatoms. The van der Waals surface area contributed by atoms with Crippen LogP contribution >= 0.6 is 7.92 Å². The zero-order valence-electron chi connectivity index (χ0n) is 70.6. The Morgan fingerprint density at radius 1 is 0.395 bits per heavy atom. The van der Waals surface area contributed by atoms with Gasteiger partial charge in [-0.15, -0.1) is 119 Å². The third kappa shape index (κ3) is 14.3. The van der Waals surface area contributed by atoms with Crippen LogP contribution in [0.5, 0.6) is 0 Å². The molecule has 23 aromatic rings. The van der Waals surface area contributed by atoms with Crippen molar-refractivity contribution in [3.05, 3.63) is 390 Å². The van der Waals surface area contributed by atoms with Gasteiger partial charge in [0.1, 0.15) is 11.3 Å². The summed E-state index contributed by atoms with van der Waals surface area (Å²) in [6.45, 7) is 0. The molecule has 632 valence electrons. The third-order valence-corrected chi connectivity index (χ3v) is 27.2. The summed E-state index contributed by atoms with van der Waals surface area (Å²) >= 11 is 0. The molecule has 0 bridgehead atoms. The predicted octanol–water partition coefficient (Wildman–Crippen LogP) is 21.9. The molecule has 10 aromatic heterocycles. The minimum Gasteiger partial charge on any atom is -0.518 e. The number of rotatable bonds is 11. The molecule has 16 nitrogen and oxygen atoms in total. The van der Waals surface area contributed by atoms with Crippen molar-refractivity contribution >= 4 is 168 Å². The Morgan fingerprint density at radius 3 is 1.66 bits per heavy atom. The van der Waals surface area contributed by atoms with Gasteiger partial charge in [0.25, 0.3) is 0 Å². The topological polar surface area (TPSA) is 120 Å². The molecule has 0 radical (unpaired) electrons. The third-order valence-electron chi connectivity index (χ3n) is 24.4. The van der Waals surface area contributed by atoms with Crippen molar-refractivity contribution < 1.29 is 74.8 Å². The van der Waals surface area contributed by atoms with Crippen molar-refractivity contribution in [2.24, 2.45) is 28.2 Å². The monoisotopic (exact) mass is 1960 g/mol. The largest absolute Gasteiger partial charge is 2.00 e. The van der Waals surface area contributed by atoms with Crippen molar-refractivity contribution in [1.29, 1.82) is 0 Å². The number of aryl methyl sites for hydroxylation is 4. The second kappa shape index (κ2) is 34.2. The number of anilines is 10. The molecule has 0 fully saturated rings. The van der Waals surface area contributed by atoms with Crippen LogP contribution in [0, 0.1) is 36.4 Å². The molecular formula is C109H77N15OPPd3-3. The standard InChI is InChI=1S/C43H31N4P.C33H24N6O.C33H21N5.3Pd/c1-45-29-44-43-35(21-13-24-39(43)45)30-14-11-16-32(26-30)47-38-23-10-9-22-37(38)46(2)40-27-31-15-12-25-42(36(31)28-41(40)47)48(33-17-5-3-6-18-33)34-19-7-4-8-20-34;1-36-18-24(32-33(36)37(2)20-35-32)21-9-8-10-22(15-21)39-28-13-5-4-12-27(28)38(3)29-17-31-23(16-30(29)39)25(19-40-31)26-11-6-7-14-34-26;1-36-21-28(29-12-4-5-15-34-29)27-20-32-26(19-31(27)36)25-11-2-3-13-30(25)38(32)24-10-6-9-23(18-24)37-17-14-22-8-7-16-35-33(22)37;;;/h3-25,27,29H,1-2H3;4-14,17-20H,1-3H3;2-17,19,21H,1H3;;;/q3*-2;;;+2/p+1. The van der Waals surface area contributed by atoms with E-state index in [1.54, 1.807) is 12.5 Å². The quantitative estimate of drug-likeness (QED) is 0.0536. The normalized spacial score (nSPS) is 12.1. The molecule has 0 atom stereocenters. The Hall–Kier alpha value is -14.2. The van der Waals surface area contributed by atoms with E-state index in [9.17, 15) is 0 Å².